The number of piperidine rings is 1. The van der Waals surface area contributed by atoms with Gasteiger partial charge < -0.3 is 10.6 Å². The summed E-state index contributed by atoms with van der Waals surface area (Å²) in [6.07, 6.45) is 3.24. The first-order chi connectivity index (χ1) is 10.2. The van der Waals surface area contributed by atoms with Crippen LogP contribution in [0.4, 0.5) is 0 Å². The molecule has 2 N–H and O–H groups in total. The Kier molecular flexibility index (Phi) is 3.93. The van der Waals surface area contributed by atoms with Gasteiger partial charge in [0, 0.05) is 24.2 Å². The molecule has 2 unspecified atom stereocenters. The molecule has 1 amide bonds. The van der Waals surface area contributed by atoms with Crippen molar-refractivity contribution in [3.63, 3.8) is 0 Å². The Morgan fingerprint density at radius 3 is 2.71 bits per heavy atom. The molecule has 0 radical (unpaired) electrons. The van der Waals surface area contributed by atoms with Crippen molar-refractivity contribution in [1.82, 2.24) is 4.90 Å². The van der Waals surface area contributed by atoms with Gasteiger partial charge in [0.25, 0.3) is 5.91 Å². The molecule has 110 valence electrons. The van der Waals surface area contributed by atoms with E-state index in [1.54, 1.807) is 0 Å². The summed E-state index contributed by atoms with van der Waals surface area (Å²) in [5, 5.41) is 2.27. The Morgan fingerprint density at radius 2 is 1.95 bits per heavy atom. The van der Waals surface area contributed by atoms with E-state index in [0.717, 1.165) is 35.6 Å². The average Bonchev–Trinajstić information content (AvgIpc) is 2.53. The lowest BCUT2D eigenvalue weighted by atomic mass is 9.95. The van der Waals surface area contributed by atoms with Crippen molar-refractivity contribution < 1.29 is 4.79 Å². The second-order valence-corrected chi connectivity index (χ2v) is 5.94. The lowest BCUT2D eigenvalue weighted by Crippen LogP contribution is -2.51. The summed E-state index contributed by atoms with van der Waals surface area (Å²) < 4.78 is 0. The number of hydrogen-bond acceptors (Lipinski definition) is 2. The van der Waals surface area contributed by atoms with Crippen molar-refractivity contribution in [3.8, 4) is 0 Å². The van der Waals surface area contributed by atoms with E-state index < -0.39 is 0 Å². The molecule has 2 atom stereocenters. The van der Waals surface area contributed by atoms with Crippen LogP contribution in [0.1, 0.15) is 36.5 Å². The zero-order chi connectivity index (χ0) is 14.8. The van der Waals surface area contributed by atoms with E-state index in [9.17, 15) is 4.79 Å². The monoisotopic (exact) mass is 282 g/mol. The summed E-state index contributed by atoms with van der Waals surface area (Å²) in [5.41, 5.74) is 6.63. The zero-order valence-electron chi connectivity index (χ0n) is 12.5. The van der Waals surface area contributed by atoms with Gasteiger partial charge in [0.05, 0.1) is 0 Å². The van der Waals surface area contributed by atoms with Crippen LogP contribution >= 0.6 is 0 Å². The average molecular weight is 282 g/mol. The summed E-state index contributed by atoms with van der Waals surface area (Å²) in [7, 11) is 0. The first-order valence-corrected chi connectivity index (χ1v) is 7.72. The molecule has 3 nitrogen and oxygen atoms in total. The van der Waals surface area contributed by atoms with Crippen LogP contribution in [-0.4, -0.2) is 29.4 Å². The van der Waals surface area contributed by atoms with Crippen molar-refractivity contribution in [2.24, 2.45) is 5.73 Å². The van der Waals surface area contributed by atoms with Crippen LogP contribution < -0.4 is 5.73 Å². The normalized spacial score (nSPS) is 22.5. The van der Waals surface area contributed by atoms with Gasteiger partial charge in [-0.1, -0.05) is 30.3 Å². The number of fused-ring (bicyclic) bond motifs is 1. The fraction of sp³-hybridized carbons (Fsp3) is 0.389. The van der Waals surface area contributed by atoms with E-state index in [4.69, 9.17) is 5.73 Å². The molecule has 0 aromatic heterocycles. The molecule has 2 aromatic rings. The Balaban J connectivity index is 1.94. The quantitative estimate of drug-likeness (QED) is 0.919. The number of amides is 1. The van der Waals surface area contributed by atoms with E-state index in [-0.39, 0.29) is 18.0 Å². The van der Waals surface area contributed by atoms with E-state index in [1.165, 1.54) is 0 Å². The summed E-state index contributed by atoms with van der Waals surface area (Å²) >= 11 is 0. The third kappa shape index (κ3) is 2.66. The maximum absolute atomic E-state index is 12.9. The summed E-state index contributed by atoms with van der Waals surface area (Å²) in [6.45, 7) is 2.67. The highest BCUT2D eigenvalue weighted by Crippen LogP contribution is 2.25. The van der Waals surface area contributed by atoms with Crippen molar-refractivity contribution in [2.45, 2.75) is 38.3 Å². The molecule has 0 bridgehead atoms. The van der Waals surface area contributed by atoms with Crippen molar-refractivity contribution >= 4 is 16.7 Å². The molecule has 0 spiro atoms. The van der Waals surface area contributed by atoms with Gasteiger partial charge in [0.15, 0.2) is 0 Å². The minimum Gasteiger partial charge on any atom is -0.332 e. The van der Waals surface area contributed by atoms with Gasteiger partial charge in [-0.15, -0.1) is 0 Å². The Morgan fingerprint density at radius 1 is 1.19 bits per heavy atom. The molecule has 1 heterocycles. The molecule has 3 rings (SSSR count). The van der Waals surface area contributed by atoms with Gasteiger partial charge in [-0.2, -0.15) is 0 Å². The predicted octanol–water partition coefficient (Wildman–Crippen LogP) is 3.18. The van der Waals surface area contributed by atoms with Crippen molar-refractivity contribution in [2.75, 3.05) is 6.54 Å². The Bertz CT molecular complexity index is 652. The number of carbonyl (C=O) groups is 1. The standard InChI is InChI=1S/C18H22N2O/c1-13-5-4-8-17(12-19)20(13)18(21)16-10-9-14-6-2-3-7-15(14)11-16/h2-3,6-7,9-11,13,17H,4-5,8,12,19H2,1H3. The van der Waals surface area contributed by atoms with E-state index in [2.05, 4.69) is 13.0 Å². The maximum Gasteiger partial charge on any atom is 0.254 e. The lowest BCUT2D eigenvalue weighted by Gasteiger charge is -2.40. The number of benzene rings is 2. The third-order valence-corrected chi connectivity index (χ3v) is 4.53. The second-order valence-electron chi connectivity index (χ2n) is 5.94. The molecule has 1 saturated heterocycles. The van der Waals surface area contributed by atoms with E-state index >= 15 is 0 Å². The van der Waals surface area contributed by atoms with Crippen LogP contribution in [0.25, 0.3) is 10.8 Å². The van der Waals surface area contributed by atoms with Crippen LogP contribution in [0.3, 0.4) is 0 Å². The van der Waals surface area contributed by atoms with E-state index in [1.807, 2.05) is 41.3 Å². The summed E-state index contributed by atoms with van der Waals surface area (Å²) in [4.78, 5) is 14.9. The van der Waals surface area contributed by atoms with Gasteiger partial charge >= 0.3 is 0 Å². The number of rotatable bonds is 2. The molecule has 1 aliphatic rings. The van der Waals surface area contributed by atoms with Crippen molar-refractivity contribution in [1.29, 1.82) is 0 Å². The van der Waals surface area contributed by atoms with Gasteiger partial charge in [-0.3, -0.25) is 4.79 Å². The van der Waals surface area contributed by atoms with Gasteiger partial charge in [-0.05, 0) is 49.1 Å². The molecule has 0 saturated carbocycles. The zero-order valence-corrected chi connectivity index (χ0v) is 12.5. The third-order valence-electron chi connectivity index (χ3n) is 4.53. The highest BCUT2D eigenvalue weighted by Gasteiger charge is 2.31. The minimum atomic E-state index is 0.114. The van der Waals surface area contributed by atoms with Gasteiger partial charge in [0.2, 0.25) is 0 Å². The molecular weight excluding hydrogens is 260 g/mol. The molecule has 1 fully saturated rings. The number of nitrogens with zero attached hydrogens (tertiary/aromatic N) is 1. The van der Waals surface area contributed by atoms with Gasteiger partial charge in [0.1, 0.15) is 0 Å². The maximum atomic E-state index is 12.9. The van der Waals surface area contributed by atoms with Crippen molar-refractivity contribution in [3.05, 3.63) is 48.0 Å². The topological polar surface area (TPSA) is 46.3 Å². The summed E-state index contributed by atoms with van der Waals surface area (Å²) in [5.74, 6) is 0.114. The first kappa shape index (κ1) is 14.1. The molecule has 21 heavy (non-hydrogen) atoms. The Hall–Kier alpha value is -1.87. The molecule has 3 heteroatoms. The smallest absolute Gasteiger partial charge is 0.254 e. The Labute approximate surface area is 125 Å². The summed E-state index contributed by atoms with van der Waals surface area (Å²) in [6, 6.07) is 14.5. The number of likely N-dealkylation sites (tertiary alicyclic amines) is 1. The SMILES string of the molecule is CC1CCCC(CN)N1C(=O)c1ccc2ccccc2c1. The number of nitrogens with two attached hydrogens (primary N) is 1. The van der Waals surface area contributed by atoms with Crippen LogP contribution in [0.15, 0.2) is 42.5 Å². The molecule has 0 aliphatic carbocycles. The fourth-order valence-corrected chi connectivity index (χ4v) is 3.36. The number of hydrogen-bond donors (Lipinski definition) is 1. The molecule has 1 aliphatic heterocycles. The molecular formula is C18H22N2O. The van der Waals surface area contributed by atoms with Gasteiger partial charge in [-0.25, -0.2) is 0 Å². The van der Waals surface area contributed by atoms with Crippen LogP contribution in [0.5, 0.6) is 0 Å². The highest BCUT2D eigenvalue weighted by atomic mass is 16.2. The highest BCUT2D eigenvalue weighted by molar-refractivity contribution is 5.99. The minimum absolute atomic E-state index is 0.114. The fourth-order valence-electron chi connectivity index (χ4n) is 3.36. The largest absolute Gasteiger partial charge is 0.332 e. The first-order valence-electron chi connectivity index (χ1n) is 7.72. The van der Waals surface area contributed by atoms with Crippen LogP contribution in [0, 0.1) is 0 Å². The van der Waals surface area contributed by atoms with Crippen LogP contribution in [0.2, 0.25) is 0 Å². The lowest BCUT2D eigenvalue weighted by molar-refractivity contribution is 0.0494. The predicted molar refractivity (Wildman–Crippen MR) is 86.3 cm³/mol. The second kappa shape index (κ2) is 5.86. The number of carbonyl (C=O) groups excluding carboxylic acids is 1. The molecule has 2 aromatic carbocycles. The van der Waals surface area contributed by atoms with E-state index in [0.29, 0.717) is 6.54 Å². The van der Waals surface area contributed by atoms with Crippen LogP contribution in [-0.2, 0) is 0 Å².